The second kappa shape index (κ2) is 8.49. The molecule has 1 heterocycles. The number of carbonyl (C=O) groups is 1. The van der Waals surface area contributed by atoms with E-state index >= 15 is 0 Å². The molecule has 0 saturated carbocycles. The molecule has 4 aromatic rings. The van der Waals surface area contributed by atoms with Crippen LogP contribution >= 0.6 is 0 Å². The number of para-hydroxylation sites is 2. The van der Waals surface area contributed by atoms with Crippen molar-refractivity contribution in [1.29, 1.82) is 0 Å². The van der Waals surface area contributed by atoms with Crippen LogP contribution in [-0.4, -0.2) is 10.9 Å². The topological polar surface area (TPSA) is 80.0 Å². The molecule has 0 aliphatic heterocycles. The molecule has 0 fully saturated rings. The lowest BCUT2D eigenvalue weighted by atomic mass is 10.0. The van der Waals surface area contributed by atoms with Gasteiger partial charge in [0.2, 0.25) is 0 Å². The summed E-state index contributed by atoms with van der Waals surface area (Å²) >= 11 is 0. The van der Waals surface area contributed by atoms with Crippen LogP contribution in [0.4, 0.5) is 11.5 Å². The number of anilines is 2. The van der Waals surface area contributed by atoms with Gasteiger partial charge in [0.1, 0.15) is 11.5 Å². The molecular formula is C25H22N4O. The van der Waals surface area contributed by atoms with Gasteiger partial charge in [-0.1, -0.05) is 66.7 Å². The number of hydrogen-bond acceptors (Lipinski definition) is 4. The molecule has 1 aromatic heterocycles. The minimum Gasteiger partial charge on any atom is -0.393 e. The Morgan fingerprint density at radius 3 is 2.33 bits per heavy atom. The van der Waals surface area contributed by atoms with Crippen molar-refractivity contribution in [2.75, 3.05) is 10.6 Å². The largest absolute Gasteiger partial charge is 0.393 e. The van der Waals surface area contributed by atoms with Crippen LogP contribution in [0, 0.1) is 0 Å². The SMILES string of the molecule is C/C(Nc1ccccc1-c1ccccc1)=C(/N)C(=O)Nc1ccc2ccccc2n1. The molecule has 0 radical (unpaired) electrons. The molecule has 4 N–H and O–H groups in total. The normalized spacial score (nSPS) is 11.6. The Labute approximate surface area is 175 Å². The van der Waals surface area contributed by atoms with Crippen molar-refractivity contribution in [3.63, 3.8) is 0 Å². The predicted molar refractivity (Wildman–Crippen MR) is 123 cm³/mol. The Balaban J connectivity index is 1.55. The van der Waals surface area contributed by atoms with Crippen LogP contribution in [0.5, 0.6) is 0 Å². The summed E-state index contributed by atoms with van der Waals surface area (Å²) in [7, 11) is 0. The summed E-state index contributed by atoms with van der Waals surface area (Å²) in [4.78, 5) is 17.1. The molecule has 0 aliphatic rings. The molecule has 3 aromatic carbocycles. The van der Waals surface area contributed by atoms with Crippen molar-refractivity contribution in [1.82, 2.24) is 4.98 Å². The van der Waals surface area contributed by atoms with Gasteiger partial charge in [0.25, 0.3) is 5.91 Å². The van der Waals surface area contributed by atoms with Gasteiger partial charge in [-0.15, -0.1) is 0 Å². The first-order valence-electron chi connectivity index (χ1n) is 9.67. The van der Waals surface area contributed by atoms with Crippen LogP contribution < -0.4 is 16.4 Å². The highest BCUT2D eigenvalue weighted by molar-refractivity contribution is 6.03. The van der Waals surface area contributed by atoms with E-state index in [2.05, 4.69) is 15.6 Å². The third-order valence-corrected chi connectivity index (χ3v) is 4.82. The molecule has 0 saturated heterocycles. The first-order valence-corrected chi connectivity index (χ1v) is 9.67. The van der Waals surface area contributed by atoms with E-state index in [9.17, 15) is 4.79 Å². The quantitative estimate of drug-likeness (QED) is 0.409. The maximum atomic E-state index is 12.7. The summed E-state index contributed by atoms with van der Waals surface area (Å²) in [5.41, 5.74) is 10.6. The van der Waals surface area contributed by atoms with Gasteiger partial charge in [-0.2, -0.15) is 0 Å². The summed E-state index contributed by atoms with van der Waals surface area (Å²) in [6.07, 6.45) is 0. The predicted octanol–water partition coefficient (Wildman–Crippen LogP) is 5.14. The second-order valence-corrected chi connectivity index (χ2v) is 6.92. The molecule has 1 amide bonds. The van der Waals surface area contributed by atoms with Crippen LogP contribution in [-0.2, 0) is 4.79 Å². The van der Waals surface area contributed by atoms with Crippen molar-refractivity contribution in [2.45, 2.75) is 6.92 Å². The Bertz CT molecular complexity index is 1230. The maximum Gasteiger partial charge on any atom is 0.274 e. The van der Waals surface area contributed by atoms with Crippen LogP contribution in [0.2, 0.25) is 0 Å². The van der Waals surface area contributed by atoms with Crippen molar-refractivity contribution >= 4 is 28.3 Å². The van der Waals surface area contributed by atoms with Gasteiger partial charge in [-0.25, -0.2) is 4.98 Å². The molecule has 148 valence electrons. The number of fused-ring (bicyclic) bond motifs is 1. The highest BCUT2D eigenvalue weighted by atomic mass is 16.2. The fourth-order valence-electron chi connectivity index (χ4n) is 3.22. The highest BCUT2D eigenvalue weighted by Crippen LogP contribution is 2.28. The van der Waals surface area contributed by atoms with Gasteiger partial charge in [0.05, 0.1) is 5.52 Å². The summed E-state index contributed by atoms with van der Waals surface area (Å²) in [6.45, 7) is 1.78. The van der Waals surface area contributed by atoms with Crippen molar-refractivity contribution in [3.8, 4) is 11.1 Å². The average Bonchev–Trinajstić information content (AvgIpc) is 2.79. The molecule has 30 heavy (non-hydrogen) atoms. The molecule has 5 nitrogen and oxygen atoms in total. The van der Waals surface area contributed by atoms with E-state index in [1.165, 1.54) is 0 Å². The molecule has 0 spiro atoms. The van der Waals surface area contributed by atoms with E-state index < -0.39 is 5.91 Å². The maximum absolute atomic E-state index is 12.7. The Hall–Kier alpha value is -4.12. The molecule has 0 aliphatic carbocycles. The summed E-state index contributed by atoms with van der Waals surface area (Å²) in [6, 6.07) is 29.4. The summed E-state index contributed by atoms with van der Waals surface area (Å²) in [5, 5.41) is 7.06. The number of nitrogens with zero attached hydrogens (tertiary/aromatic N) is 1. The molecule has 5 heteroatoms. The fraction of sp³-hybridized carbons (Fsp3) is 0.0400. The number of allylic oxidation sites excluding steroid dienone is 1. The minimum absolute atomic E-state index is 0.104. The van der Waals surface area contributed by atoms with Crippen molar-refractivity contribution in [2.24, 2.45) is 5.73 Å². The van der Waals surface area contributed by atoms with E-state index in [-0.39, 0.29) is 5.70 Å². The fourth-order valence-corrected chi connectivity index (χ4v) is 3.22. The van der Waals surface area contributed by atoms with Crippen LogP contribution in [0.3, 0.4) is 0 Å². The number of pyridine rings is 1. The van der Waals surface area contributed by atoms with Gasteiger partial charge in [0.15, 0.2) is 0 Å². The van der Waals surface area contributed by atoms with Gasteiger partial charge in [0, 0.05) is 22.3 Å². The number of aromatic nitrogens is 1. The van der Waals surface area contributed by atoms with Gasteiger partial charge >= 0.3 is 0 Å². The molecule has 0 bridgehead atoms. The lowest BCUT2D eigenvalue weighted by Gasteiger charge is -2.15. The Morgan fingerprint density at radius 2 is 1.50 bits per heavy atom. The number of rotatable bonds is 5. The van der Waals surface area contributed by atoms with E-state index in [1.54, 1.807) is 13.0 Å². The van der Waals surface area contributed by atoms with Gasteiger partial charge in [-0.05, 0) is 36.8 Å². The molecule has 4 rings (SSSR count). The number of benzene rings is 3. The Kier molecular flexibility index (Phi) is 5.44. The summed E-state index contributed by atoms with van der Waals surface area (Å²) in [5.74, 6) is 0.0547. The number of nitrogens with two attached hydrogens (primary N) is 1. The van der Waals surface area contributed by atoms with Gasteiger partial charge in [-0.3, -0.25) is 4.79 Å². The number of hydrogen-bond donors (Lipinski definition) is 3. The third kappa shape index (κ3) is 4.15. The molecule has 0 atom stereocenters. The van der Waals surface area contributed by atoms with Gasteiger partial charge < -0.3 is 16.4 Å². The number of nitrogens with one attached hydrogen (secondary N) is 2. The van der Waals surface area contributed by atoms with E-state index in [0.717, 1.165) is 27.7 Å². The second-order valence-electron chi connectivity index (χ2n) is 6.92. The average molecular weight is 394 g/mol. The van der Waals surface area contributed by atoms with E-state index in [1.807, 2.05) is 84.9 Å². The van der Waals surface area contributed by atoms with Crippen molar-refractivity contribution < 1.29 is 4.79 Å². The zero-order valence-electron chi connectivity index (χ0n) is 16.6. The first kappa shape index (κ1) is 19.2. The number of amides is 1. The molecule has 0 unspecified atom stereocenters. The van der Waals surface area contributed by atoms with Crippen LogP contribution in [0.25, 0.3) is 22.0 Å². The van der Waals surface area contributed by atoms with E-state index in [4.69, 9.17) is 5.73 Å². The lowest BCUT2D eigenvalue weighted by Crippen LogP contribution is -2.24. The zero-order chi connectivity index (χ0) is 20.9. The minimum atomic E-state index is -0.403. The lowest BCUT2D eigenvalue weighted by molar-refractivity contribution is -0.113. The Morgan fingerprint density at radius 1 is 0.800 bits per heavy atom. The first-order chi connectivity index (χ1) is 14.6. The zero-order valence-corrected chi connectivity index (χ0v) is 16.6. The molecular weight excluding hydrogens is 372 g/mol. The number of carbonyl (C=O) groups excluding carboxylic acids is 1. The van der Waals surface area contributed by atoms with Crippen molar-refractivity contribution in [3.05, 3.63) is 102 Å². The summed E-state index contributed by atoms with van der Waals surface area (Å²) < 4.78 is 0. The standard InChI is InChI=1S/C25H22N4O/c1-17(27-22-14-8-6-12-20(22)18-9-3-2-4-10-18)24(26)25(30)29-23-16-15-19-11-5-7-13-21(19)28-23/h2-16,27H,26H2,1H3,(H,28,29,30)/b24-17-. The highest BCUT2D eigenvalue weighted by Gasteiger charge is 2.12. The van der Waals surface area contributed by atoms with Crippen LogP contribution in [0.15, 0.2) is 102 Å². The third-order valence-electron chi connectivity index (χ3n) is 4.82. The smallest absolute Gasteiger partial charge is 0.274 e. The monoisotopic (exact) mass is 394 g/mol. The van der Waals surface area contributed by atoms with Crippen LogP contribution in [0.1, 0.15) is 6.92 Å². The van der Waals surface area contributed by atoms with E-state index in [0.29, 0.717) is 11.5 Å².